The molecule has 0 unspecified atom stereocenters. The first kappa shape index (κ1) is 17.3. The van der Waals surface area contributed by atoms with E-state index in [2.05, 4.69) is 4.74 Å². The minimum Gasteiger partial charge on any atom is -0.508 e. The lowest BCUT2D eigenvalue weighted by Crippen LogP contribution is -2.50. The monoisotopic (exact) mass is 306 g/mol. The highest BCUT2D eigenvalue weighted by molar-refractivity contribution is 5.82. The van der Waals surface area contributed by atoms with Gasteiger partial charge in [-0.1, -0.05) is 26.8 Å². The summed E-state index contributed by atoms with van der Waals surface area (Å²) in [6.45, 7) is 5.03. The van der Waals surface area contributed by atoms with Crippen LogP contribution in [-0.2, 0) is 20.5 Å². The number of benzene rings is 1. The first-order valence-corrected chi connectivity index (χ1v) is 6.07. The Morgan fingerprint density at radius 2 is 1.71 bits per heavy atom. The van der Waals surface area contributed by atoms with Crippen LogP contribution in [0.1, 0.15) is 31.9 Å². The molecule has 1 aromatic carbocycles. The molecule has 0 bridgehead atoms. The van der Waals surface area contributed by atoms with Crippen LogP contribution in [0.3, 0.4) is 0 Å². The van der Waals surface area contributed by atoms with Gasteiger partial charge in [-0.25, -0.2) is 4.79 Å². The van der Waals surface area contributed by atoms with Crippen LogP contribution < -0.4 is 0 Å². The van der Waals surface area contributed by atoms with Crippen LogP contribution >= 0.6 is 0 Å². The standard InChI is InChI=1S/C14H17F3O4/c1-12(2,3)9-7-8(5-6-10(9)18)13(20,11(19)21-4)14(15,16)17/h5-7,18,20H,1-4H3/t13-/m0/s1. The Hall–Kier alpha value is -1.76. The number of methoxy groups -OCH3 is 1. The number of hydrogen-bond acceptors (Lipinski definition) is 4. The average molecular weight is 306 g/mol. The molecule has 118 valence electrons. The molecule has 1 rings (SSSR count). The minimum absolute atomic E-state index is 0.173. The number of phenols is 1. The molecular weight excluding hydrogens is 289 g/mol. The second-order valence-corrected chi connectivity index (χ2v) is 5.68. The zero-order valence-corrected chi connectivity index (χ0v) is 12.1. The predicted molar refractivity (Wildman–Crippen MR) is 68.8 cm³/mol. The number of phenolic OH excluding ortho intramolecular Hbond substituents is 1. The molecule has 21 heavy (non-hydrogen) atoms. The summed E-state index contributed by atoms with van der Waals surface area (Å²) < 4.78 is 43.5. The summed E-state index contributed by atoms with van der Waals surface area (Å²) >= 11 is 0. The molecule has 0 spiro atoms. The maximum absolute atomic E-state index is 13.1. The smallest absolute Gasteiger partial charge is 0.432 e. The van der Waals surface area contributed by atoms with Crippen LogP contribution in [0.5, 0.6) is 5.75 Å². The lowest BCUT2D eigenvalue weighted by Gasteiger charge is -2.30. The third-order valence-corrected chi connectivity index (χ3v) is 3.11. The van der Waals surface area contributed by atoms with Crippen molar-refractivity contribution in [3.63, 3.8) is 0 Å². The normalized spacial score (nSPS) is 15.4. The van der Waals surface area contributed by atoms with Crippen LogP contribution in [-0.4, -0.2) is 29.5 Å². The van der Waals surface area contributed by atoms with Crippen molar-refractivity contribution in [1.29, 1.82) is 0 Å². The van der Waals surface area contributed by atoms with Gasteiger partial charge in [-0.15, -0.1) is 0 Å². The SMILES string of the molecule is COC(=O)[C@@](O)(c1ccc(O)c(C(C)(C)C)c1)C(F)(F)F. The lowest BCUT2D eigenvalue weighted by atomic mass is 9.82. The van der Waals surface area contributed by atoms with Crippen molar-refractivity contribution in [2.75, 3.05) is 7.11 Å². The van der Waals surface area contributed by atoms with Gasteiger partial charge in [0.2, 0.25) is 0 Å². The summed E-state index contributed by atoms with van der Waals surface area (Å²) in [5.74, 6) is -2.05. The molecule has 0 amide bonds. The third-order valence-electron chi connectivity index (χ3n) is 3.11. The summed E-state index contributed by atoms with van der Waals surface area (Å²) in [5.41, 5.74) is -4.99. The topological polar surface area (TPSA) is 66.8 Å². The zero-order valence-electron chi connectivity index (χ0n) is 12.1. The number of aliphatic hydroxyl groups is 1. The van der Waals surface area contributed by atoms with E-state index in [9.17, 15) is 28.2 Å². The summed E-state index contributed by atoms with van der Waals surface area (Å²) in [6.07, 6.45) is -5.26. The van der Waals surface area contributed by atoms with Crippen LogP contribution in [0, 0.1) is 0 Å². The van der Waals surface area contributed by atoms with Gasteiger partial charge in [0, 0.05) is 5.56 Å². The highest BCUT2D eigenvalue weighted by atomic mass is 19.4. The molecule has 2 N–H and O–H groups in total. The van der Waals surface area contributed by atoms with Gasteiger partial charge in [0.1, 0.15) is 5.75 Å². The van der Waals surface area contributed by atoms with Crippen molar-refractivity contribution in [2.24, 2.45) is 0 Å². The molecule has 0 saturated heterocycles. The number of ether oxygens (including phenoxy) is 1. The predicted octanol–water partition coefficient (Wildman–Crippen LogP) is 2.61. The van der Waals surface area contributed by atoms with Gasteiger partial charge in [-0.3, -0.25) is 0 Å². The summed E-state index contributed by atoms with van der Waals surface area (Å²) in [5, 5.41) is 19.6. The van der Waals surface area contributed by atoms with Gasteiger partial charge < -0.3 is 14.9 Å². The number of alkyl halides is 3. The molecule has 1 atom stereocenters. The van der Waals surface area contributed by atoms with E-state index in [4.69, 9.17) is 0 Å². The summed E-state index contributed by atoms with van der Waals surface area (Å²) in [4.78, 5) is 11.5. The largest absolute Gasteiger partial charge is 0.508 e. The first-order valence-electron chi connectivity index (χ1n) is 6.07. The fourth-order valence-electron chi connectivity index (χ4n) is 1.91. The Morgan fingerprint density at radius 1 is 1.19 bits per heavy atom. The number of carbonyl (C=O) groups excluding carboxylic acids is 1. The van der Waals surface area contributed by atoms with Crippen molar-refractivity contribution in [1.82, 2.24) is 0 Å². The third kappa shape index (κ3) is 2.97. The van der Waals surface area contributed by atoms with E-state index >= 15 is 0 Å². The molecule has 0 heterocycles. The molecule has 0 aliphatic rings. The highest BCUT2D eigenvalue weighted by Gasteiger charge is 2.62. The molecule has 0 fully saturated rings. The van der Waals surface area contributed by atoms with E-state index in [1.54, 1.807) is 20.8 Å². The molecule has 0 radical (unpaired) electrons. The van der Waals surface area contributed by atoms with Gasteiger partial charge in [-0.2, -0.15) is 13.2 Å². The number of carbonyl (C=O) groups is 1. The van der Waals surface area contributed by atoms with Gasteiger partial charge >= 0.3 is 12.1 Å². The number of hydrogen-bond donors (Lipinski definition) is 2. The van der Waals surface area contributed by atoms with E-state index in [-0.39, 0.29) is 11.3 Å². The number of rotatable bonds is 2. The Labute approximate surface area is 120 Å². The van der Waals surface area contributed by atoms with Crippen LogP contribution in [0.2, 0.25) is 0 Å². The Kier molecular flexibility index (Phi) is 4.29. The van der Waals surface area contributed by atoms with Gasteiger partial charge in [-0.05, 0) is 23.1 Å². The summed E-state index contributed by atoms with van der Waals surface area (Å²) in [7, 11) is 0.754. The Bertz CT molecular complexity index is 546. The first-order chi connectivity index (χ1) is 9.35. The lowest BCUT2D eigenvalue weighted by molar-refractivity contribution is -0.266. The van der Waals surface area contributed by atoms with E-state index in [0.29, 0.717) is 0 Å². The minimum atomic E-state index is -5.26. The van der Waals surface area contributed by atoms with Crippen LogP contribution in [0.4, 0.5) is 13.2 Å². The van der Waals surface area contributed by atoms with E-state index < -0.39 is 28.7 Å². The fraction of sp³-hybridized carbons (Fsp3) is 0.500. The van der Waals surface area contributed by atoms with Crippen LogP contribution in [0.15, 0.2) is 18.2 Å². The molecule has 0 aliphatic carbocycles. The molecule has 7 heteroatoms. The van der Waals surface area contributed by atoms with Crippen molar-refractivity contribution in [3.8, 4) is 5.75 Å². The Morgan fingerprint density at radius 3 is 2.10 bits per heavy atom. The summed E-state index contributed by atoms with van der Waals surface area (Å²) in [6, 6.07) is 2.81. The van der Waals surface area contributed by atoms with Gasteiger partial charge in [0.15, 0.2) is 0 Å². The maximum atomic E-state index is 13.1. The average Bonchev–Trinajstić information content (AvgIpc) is 2.34. The van der Waals surface area contributed by atoms with Gasteiger partial charge in [0.25, 0.3) is 5.60 Å². The Balaban J connectivity index is 3.59. The molecule has 0 aromatic heterocycles. The highest BCUT2D eigenvalue weighted by Crippen LogP contribution is 2.42. The van der Waals surface area contributed by atoms with E-state index in [0.717, 1.165) is 25.3 Å². The number of esters is 1. The second-order valence-electron chi connectivity index (χ2n) is 5.68. The number of halogens is 3. The zero-order chi connectivity index (χ0) is 16.6. The molecule has 0 saturated carbocycles. The van der Waals surface area contributed by atoms with Gasteiger partial charge in [0.05, 0.1) is 7.11 Å². The van der Waals surface area contributed by atoms with E-state index in [1.165, 1.54) is 0 Å². The van der Waals surface area contributed by atoms with Crippen molar-refractivity contribution < 1.29 is 32.9 Å². The van der Waals surface area contributed by atoms with Crippen LogP contribution in [0.25, 0.3) is 0 Å². The van der Waals surface area contributed by atoms with E-state index in [1.807, 2.05) is 0 Å². The van der Waals surface area contributed by atoms with Crippen molar-refractivity contribution in [3.05, 3.63) is 29.3 Å². The maximum Gasteiger partial charge on any atom is 0.432 e. The molecular formula is C14H17F3O4. The molecule has 0 aliphatic heterocycles. The molecule has 1 aromatic rings. The quantitative estimate of drug-likeness (QED) is 0.824. The van der Waals surface area contributed by atoms with Crippen molar-refractivity contribution in [2.45, 2.75) is 38.0 Å². The fourth-order valence-corrected chi connectivity index (χ4v) is 1.91. The second kappa shape index (κ2) is 5.22. The molecule has 4 nitrogen and oxygen atoms in total. The number of aromatic hydroxyl groups is 1. The van der Waals surface area contributed by atoms with Crippen molar-refractivity contribution >= 4 is 5.97 Å².